The van der Waals surface area contributed by atoms with Crippen LogP contribution in [0.4, 0.5) is 0 Å². The second-order valence-corrected chi connectivity index (χ2v) is 9.98. The third-order valence-electron chi connectivity index (χ3n) is 7.00. The molecule has 0 spiro atoms. The number of rotatable bonds is 9. The first-order valence-electron chi connectivity index (χ1n) is 13.5. The average Bonchev–Trinajstić information content (AvgIpc) is 3.30. The molecule has 1 fully saturated rings. The maximum Gasteiger partial charge on any atom is 0.338 e. The van der Waals surface area contributed by atoms with E-state index in [1.54, 1.807) is 66.7 Å². The zero-order valence-electron chi connectivity index (χ0n) is 23.4. The third-order valence-corrected chi connectivity index (χ3v) is 7.00. The second-order valence-electron chi connectivity index (χ2n) is 9.98. The lowest BCUT2D eigenvalue weighted by molar-refractivity contribution is -0.111. The zero-order chi connectivity index (χ0) is 31.3. The number of amides is 1. The van der Waals surface area contributed by atoms with Crippen LogP contribution in [0.5, 0.6) is 0 Å². The van der Waals surface area contributed by atoms with Crippen molar-refractivity contribution in [1.29, 1.82) is 0 Å². The number of hydrogen-bond donors (Lipinski definition) is 1. The number of hydrogen-bond acceptors (Lipinski definition) is 10. The quantitative estimate of drug-likeness (QED) is 0.224. The van der Waals surface area contributed by atoms with Gasteiger partial charge in [0.05, 0.1) is 16.7 Å². The van der Waals surface area contributed by atoms with Crippen molar-refractivity contribution in [3.05, 3.63) is 136 Å². The molecule has 0 bridgehead atoms. The van der Waals surface area contributed by atoms with Crippen molar-refractivity contribution in [3.8, 4) is 0 Å². The minimum absolute atomic E-state index is 0.166. The number of nitrogens with two attached hydrogens (primary N) is 1. The van der Waals surface area contributed by atoms with E-state index < -0.39 is 65.7 Å². The number of carbonyl (C=O) groups excluding carboxylic acids is 4. The number of benzene rings is 3. The molecule has 0 radical (unpaired) electrons. The predicted molar refractivity (Wildman–Crippen MR) is 154 cm³/mol. The van der Waals surface area contributed by atoms with E-state index >= 15 is 0 Å². The Bertz CT molecular complexity index is 1730. The summed E-state index contributed by atoms with van der Waals surface area (Å²) in [7, 11) is 0. The zero-order valence-corrected chi connectivity index (χ0v) is 23.4. The largest absolute Gasteiger partial charge is 0.459 e. The molecular formula is C32H27N3O9. The third kappa shape index (κ3) is 6.10. The molecule has 2 heterocycles. The standard InChI is InChI=1S/C32H27N3O9/c1-32(44-30(40)22-15-9-4-10-16-22)25(43-29(39)21-13-7-3-8-14-21)23(19-41-28(38)20-11-5-2-6-12-20)42-31(32)35-18-17-34-24(26(33)36)27(35)37/h2-18,23,25,31H,19H2,1H3,(H2,33,36)/t23-,25?,31-,32?/m1/s1. The van der Waals surface area contributed by atoms with Crippen molar-refractivity contribution in [3.63, 3.8) is 0 Å². The Balaban J connectivity index is 1.58. The SMILES string of the molecule is CC1(OC(=O)c2ccccc2)C(OC(=O)c2ccccc2)[C@@H](COC(=O)c2ccccc2)O[C@H]1n1ccnc(C(N)=O)c1=O. The maximum atomic E-state index is 13.4. The van der Waals surface area contributed by atoms with E-state index in [0.717, 1.165) is 10.8 Å². The molecule has 12 heteroatoms. The van der Waals surface area contributed by atoms with Crippen molar-refractivity contribution >= 4 is 23.8 Å². The summed E-state index contributed by atoms with van der Waals surface area (Å²) in [6.07, 6.45) is -1.79. The van der Waals surface area contributed by atoms with Gasteiger partial charge in [-0.3, -0.25) is 14.2 Å². The van der Waals surface area contributed by atoms with Crippen LogP contribution in [0.3, 0.4) is 0 Å². The highest BCUT2D eigenvalue weighted by Gasteiger charge is 2.60. The van der Waals surface area contributed by atoms with Gasteiger partial charge < -0.3 is 24.7 Å². The fourth-order valence-corrected chi connectivity index (χ4v) is 4.84. The van der Waals surface area contributed by atoms with Crippen molar-refractivity contribution in [2.75, 3.05) is 6.61 Å². The van der Waals surface area contributed by atoms with Crippen LogP contribution in [0, 0.1) is 0 Å². The van der Waals surface area contributed by atoms with E-state index in [4.69, 9.17) is 24.7 Å². The van der Waals surface area contributed by atoms with Gasteiger partial charge in [-0.2, -0.15) is 0 Å². The number of esters is 3. The molecule has 0 aliphatic carbocycles. The van der Waals surface area contributed by atoms with Gasteiger partial charge in [0.25, 0.3) is 11.5 Å². The Morgan fingerprint density at radius 3 is 1.91 bits per heavy atom. The highest BCUT2D eigenvalue weighted by atomic mass is 16.7. The van der Waals surface area contributed by atoms with E-state index in [2.05, 4.69) is 4.98 Å². The summed E-state index contributed by atoms with van der Waals surface area (Å²) < 4.78 is 24.6. The molecule has 1 aromatic heterocycles. The first-order chi connectivity index (χ1) is 21.2. The lowest BCUT2D eigenvalue weighted by atomic mass is 9.95. The van der Waals surface area contributed by atoms with Crippen LogP contribution >= 0.6 is 0 Å². The molecule has 0 saturated carbocycles. The molecule has 224 valence electrons. The fourth-order valence-electron chi connectivity index (χ4n) is 4.84. The first kappa shape index (κ1) is 29.9. The van der Waals surface area contributed by atoms with Crippen molar-refractivity contribution in [2.45, 2.75) is 31.0 Å². The monoisotopic (exact) mass is 597 g/mol. The van der Waals surface area contributed by atoms with Crippen LogP contribution in [-0.4, -0.2) is 57.8 Å². The summed E-state index contributed by atoms with van der Waals surface area (Å²) in [5.41, 5.74) is 2.52. The van der Waals surface area contributed by atoms with Crippen molar-refractivity contribution < 1.29 is 38.1 Å². The number of primary amides is 1. The van der Waals surface area contributed by atoms with E-state index in [0.29, 0.717) is 0 Å². The van der Waals surface area contributed by atoms with Gasteiger partial charge in [0.15, 0.2) is 23.6 Å². The fraction of sp³-hybridized carbons (Fsp3) is 0.188. The average molecular weight is 598 g/mol. The summed E-state index contributed by atoms with van der Waals surface area (Å²) >= 11 is 0. The molecule has 12 nitrogen and oxygen atoms in total. The Morgan fingerprint density at radius 1 is 0.841 bits per heavy atom. The van der Waals surface area contributed by atoms with Gasteiger partial charge in [0, 0.05) is 12.4 Å². The van der Waals surface area contributed by atoms with Gasteiger partial charge in [0.2, 0.25) is 0 Å². The van der Waals surface area contributed by atoms with E-state index in [-0.39, 0.29) is 16.7 Å². The minimum atomic E-state index is -1.92. The highest BCUT2D eigenvalue weighted by Crippen LogP contribution is 2.43. The number of aromatic nitrogens is 2. The number of carbonyl (C=O) groups is 4. The molecule has 1 saturated heterocycles. The van der Waals surface area contributed by atoms with Crippen molar-refractivity contribution in [1.82, 2.24) is 9.55 Å². The van der Waals surface area contributed by atoms with Crippen LogP contribution in [0.25, 0.3) is 0 Å². The molecule has 1 aliphatic rings. The van der Waals surface area contributed by atoms with Crippen molar-refractivity contribution in [2.24, 2.45) is 5.73 Å². The summed E-state index contributed by atoms with van der Waals surface area (Å²) in [6, 6.07) is 24.2. The van der Waals surface area contributed by atoms with Gasteiger partial charge in [-0.1, -0.05) is 54.6 Å². The van der Waals surface area contributed by atoms with Gasteiger partial charge >= 0.3 is 17.9 Å². The molecule has 1 amide bonds. The number of nitrogens with zero attached hydrogens (tertiary/aromatic N) is 2. The molecule has 2 unspecified atom stereocenters. The van der Waals surface area contributed by atoms with E-state index in [9.17, 15) is 24.0 Å². The normalized spacial score (nSPS) is 20.8. The van der Waals surface area contributed by atoms with Gasteiger partial charge in [-0.15, -0.1) is 0 Å². The smallest absolute Gasteiger partial charge is 0.338 e. The van der Waals surface area contributed by atoms with Crippen LogP contribution in [-0.2, 0) is 18.9 Å². The van der Waals surface area contributed by atoms with Crippen LogP contribution in [0.2, 0.25) is 0 Å². The molecule has 2 N–H and O–H groups in total. The van der Waals surface area contributed by atoms with Gasteiger partial charge in [-0.05, 0) is 43.3 Å². The van der Waals surface area contributed by atoms with Crippen LogP contribution < -0.4 is 11.3 Å². The summed E-state index contributed by atoms with van der Waals surface area (Å²) in [5.74, 6) is -3.39. The summed E-state index contributed by atoms with van der Waals surface area (Å²) in [6.45, 7) is 0.954. The van der Waals surface area contributed by atoms with Gasteiger partial charge in [-0.25, -0.2) is 19.4 Å². The molecule has 4 aromatic rings. The molecular weight excluding hydrogens is 570 g/mol. The van der Waals surface area contributed by atoms with E-state index in [1.165, 1.54) is 37.4 Å². The molecule has 5 rings (SSSR count). The molecule has 1 aliphatic heterocycles. The lowest BCUT2D eigenvalue weighted by Crippen LogP contribution is -2.52. The Hall–Kier alpha value is -5.62. The Labute approximate surface area is 250 Å². The van der Waals surface area contributed by atoms with Crippen LogP contribution in [0.1, 0.15) is 54.7 Å². The van der Waals surface area contributed by atoms with Crippen LogP contribution in [0.15, 0.2) is 108 Å². The highest BCUT2D eigenvalue weighted by molar-refractivity contribution is 5.91. The summed E-state index contributed by atoms with van der Waals surface area (Å²) in [5, 5.41) is 0. The number of ether oxygens (including phenoxy) is 4. The predicted octanol–water partition coefficient (Wildman–Crippen LogP) is 2.94. The summed E-state index contributed by atoms with van der Waals surface area (Å²) in [4.78, 5) is 68.6. The van der Waals surface area contributed by atoms with E-state index in [1.807, 2.05) is 0 Å². The molecule has 3 aromatic carbocycles. The minimum Gasteiger partial charge on any atom is -0.459 e. The lowest BCUT2D eigenvalue weighted by Gasteiger charge is -2.34. The van der Waals surface area contributed by atoms with Gasteiger partial charge in [0.1, 0.15) is 12.7 Å². The molecule has 44 heavy (non-hydrogen) atoms. The topological polar surface area (TPSA) is 166 Å². The molecule has 4 atom stereocenters. The second kappa shape index (κ2) is 12.7. The Kier molecular flexibility index (Phi) is 8.63. The Morgan fingerprint density at radius 2 is 1.36 bits per heavy atom. The maximum absolute atomic E-state index is 13.4. The first-order valence-corrected chi connectivity index (χ1v) is 13.5.